The van der Waals surface area contributed by atoms with E-state index in [1.54, 1.807) is 0 Å². The predicted octanol–water partition coefficient (Wildman–Crippen LogP) is 10.9. The maximum atomic E-state index is 9.46. The second-order valence-electron chi connectivity index (χ2n) is 11.1. The van der Waals surface area contributed by atoms with Gasteiger partial charge < -0.3 is 4.40 Å². The fourth-order valence-corrected chi connectivity index (χ4v) is 7.14. The molecule has 0 aliphatic carbocycles. The van der Waals surface area contributed by atoms with E-state index < -0.39 is 0 Å². The van der Waals surface area contributed by atoms with Crippen LogP contribution in [0.15, 0.2) is 127 Å². The minimum Gasteiger partial charge on any atom is -0.308 e. The Morgan fingerprint density at radius 3 is 1.56 bits per heavy atom. The third kappa shape index (κ3) is 3.17. The zero-order chi connectivity index (χ0) is 28.7. The average molecular weight is 544 g/mol. The highest BCUT2D eigenvalue weighted by Crippen LogP contribution is 2.48. The van der Waals surface area contributed by atoms with E-state index in [-0.39, 0.29) is 0 Å². The maximum absolute atomic E-state index is 9.46. The third-order valence-electron chi connectivity index (χ3n) is 8.92. The molecule has 9 rings (SSSR count). The second-order valence-corrected chi connectivity index (χ2v) is 11.1. The van der Waals surface area contributed by atoms with Crippen molar-refractivity contribution in [3.63, 3.8) is 0 Å². The van der Waals surface area contributed by atoms with Gasteiger partial charge in [0.25, 0.3) is 0 Å². The van der Waals surface area contributed by atoms with Gasteiger partial charge in [-0.25, -0.2) is 4.85 Å². The smallest absolute Gasteiger partial charge is 0.187 e. The van der Waals surface area contributed by atoms with Crippen LogP contribution in [0.1, 0.15) is 5.56 Å². The highest BCUT2D eigenvalue weighted by atomic mass is 14.9. The summed E-state index contributed by atoms with van der Waals surface area (Å²) in [6.45, 7) is 7.46. The number of rotatable bonds is 2. The standard InChI is InChI=1S/C40H21N3/c1-42-29-19-17-26(18-20-29)37-31-10-5-3-8-28(31)22-35-39(37)33-12-6-11-32-38-34(43(35)40(32)33)21-27-7-2-4-9-30(27)36(38)25-15-13-24(23-41)14-16-25/h2-22H. The Hall–Kier alpha value is -6.16. The van der Waals surface area contributed by atoms with E-state index in [1.807, 2.05) is 24.3 Å². The number of fused-ring (bicyclic) bond motifs is 8. The second kappa shape index (κ2) is 8.67. The van der Waals surface area contributed by atoms with Crippen LogP contribution in [0.5, 0.6) is 0 Å². The number of nitriles is 1. The van der Waals surface area contributed by atoms with Gasteiger partial charge in [0, 0.05) is 21.5 Å². The van der Waals surface area contributed by atoms with Gasteiger partial charge in [-0.05, 0) is 68.1 Å². The third-order valence-corrected chi connectivity index (χ3v) is 8.92. The van der Waals surface area contributed by atoms with E-state index in [0.29, 0.717) is 11.3 Å². The van der Waals surface area contributed by atoms with Gasteiger partial charge >= 0.3 is 0 Å². The molecule has 0 radical (unpaired) electrons. The molecule has 2 heterocycles. The van der Waals surface area contributed by atoms with Crippen molar-refractivity contribution in [1.82, 2.24) is 4.40 Å². The average Bonchev–Trinajstić information content (AvgIpc) is 3.58. The summed E-state index contributed by atoms with van der Waals surface area (Å²) in [6, 6.07) is 46.7. The first kappa shape index (κ1) is 23.5. The van der Waals surface area contributed by atoms with Crippen LogP contribution in [0.3, 0.4) is 0 Å². The quantitative estimate of drug-likeness (QED) is 0.200. The Balaban J connectivity index is 1.52. The Bertz CT molecular complexity index is 2480. The molecule has 7 aromatic carbocycles. The largest absolute Gasteiger partial charge is 0.308 e. The molecule has 0 aliphatic heterocycles. The molecule has 0 aliphatic rings. The van der Waals surface area contributed by atoms with Crippen molar-refractivity contribution < 1.29 is 0 Å². The molecule has 0 spiro atoms. The number of hydrogen-bond donors (Lipinski definition) is 0. The Morgan fingerprint density at radius 2 is 1.05 bits per heavy atom. The summed E-state index contributed by atoms with van der Waals surface area (Å²) in [6.07, 6.45) is 0. The van der Waals surface area contributed by atoms with Gasteiger partial charge in [0.05, 0.1) is 34.8 Å². The van der Waals surface area contributed by atoms with Crippen LogP contribution in [-0.2, 0) is 0 Å². The molecule has 9 aromatic rings. The molecule has 43 heavy (non-hydrogen) atoms. The summed E-state index contributed by atoms with van der Waals surface area (Å²) in [5, 5.41) is 19.1. The van der Waals surface area contributed by atoms with Gasteiger partial charge in [-0.1, -0.05) is 103 Å². The molecule has 2 aromatic heterocycles. The molecule has 0 N–H and O–H groups in total. The zero-order valence-electron chi connectivity index (χ0n) is 23.0. The minimum absolute atomic E-state index is 0.641. The van der Waals surface area contributed by atoms with Gasteiger partial charge in [0.15, 0.2) is 5.69 Å². The molecule has 196 valence electrons. The van der Waals surface area contributed by atoms with Crippen LogP contribution in [0.25, 0.3) is 86.7 Å². The molecule has 0 bridgehead atoms. The first-order valence-corrected chi connectivity index (χ1v) is 14.3. The number of aromatic nitrogens is 1. The first-order valence-electron chi connectivity index (χ1n) is 14.3. The topological polar surface area (TPSA) is 32.6 Å². The van der Waals surface area contributed by atoms with Gasteiger partial charge in [-0.15, -0.1) is 0 Å². The lowest BCUT2D eigenvalue weighted by Gasteiger charge is -2.13. The van der Waals surface area contributed by atoms with Gasteiger partial charge in [0.1, 0.15) is 0 Å². The van der Waals surface area contributed by atoms with E-state index in [9.17, 15) is 5.26 Å². The molecular formula is C40H21N3. The molecule has 0 unspecified atom stereocenters. The van der Waals surface area contributed by atoms with E-state index in [1.165, 1.54) is 70.8 Å². The van der Waals surface area contributed by atoms with E-state index in [4.69, 9.17) is 6.57 Å². The SMILES string of the molecule is [C-]#[N+]c1ccc(-c2c3ccccc3cc3c2c2cccc4c5c(-c6ccc(C#N)cc6)c6ccccc6cc5n3c42)cc1. The van der Waals surface area contributed by atoms with Crippen LogP contribution in [-0.4, -0.2) is 4.40 Å². The molecule has 0 saturated carbocycles. The lowest BCUT2D eigenvalue weighted by atomic mass is 9.91. The lowest BCUT2D eigenvalue weighted by Crippen LogP contribution is -1.89. The summed E-state index contributed by atoms with van der Waals surface area (Å²) < 4.78 is 2.46. The van der Waals surface area contributed by atoms with Crippen molar-refractivity contribution in [1.29, 1.82) is 5.26 Å². The lowest BCUT2D eigenvalue weighted by molar-refractivity contribution is 1.38. The molecule has 3 heteroatoms. The Kier molecular flexibility index (Phi) is 4.74. The predicted molar refractivity (Wildman–Crippen MR) is 178 cm³/mol. The molecule has 0 amide bonds. The summed E-state index contributed by atoms with van der Waals surface area (Å²) in [5.74, 6) is 0. The monoisotopic (exact) mass is 543 g/mol. The molecular weight excluding hydrogens is 522 g/mol. The van der Waals surface area contributed by atoms with Crippen molar-refractivity contribution in [2.45, 2.75) is 0 Å². The molecule has 0 fully saturated rings. The fraction of sp³-hybridized carbons (Fsp3) is 0. The van der Waals surface area contributed by atoms with Crippen LogP contribution in [0, 0.1) is 17.9 Å². The molecule has 0 saturated heterocycles. The van der Waals surface area contributed by atoms with Crippen molar-refractivity contribution in [2.75, 3.05) is 0 Å². The maximum Gasteiger partial charge on any atom is 0.187 e. The van der Waals surface area contributed by atoms with Crippen LogP contribution >= 0.6 is 0 Å². The summed E-state index contributed by atoms with van der Waals surface area (Å²) in [7, 11) is 0. The van der Waals surface area contributed by atoms with Crippen molar-refractivity contribution in [3.05, 3.63) is 144 Å². The summed E-state index contributed by atoms with van der Waals surface area (Å²) in [5.41, 5.74) is 9.45. The molecule has 0 atom stereocenters. The number of hydrogen-bond acceptors (Lipinski definition) is 1. The molecule has 3 nitrogen and oxygen atoms in total. The Labute approximate surface area is 247 Å². The van der Waals surface area contributed by atoms with Crippen LogP contribution in [0.4, 0.5) is 5.69 Å². The highest BCUT2D eigenvalue weighted by molar-refractivity contribution is 6.32. The zero-order valence-corrected chi connectivity index (χ0v) is 23.0. The number of benzene rings is 7. The van der Waals surface area contributed by atoms with E-state index in [0.717, 1.165) is 11.1 Å². The van der Waals surface area contributed by atoms with E-state index in [2.05, 4.69) is 118 Å². The Morgan fingerprint density at radius 1 is 0.558 bits per heavy atom. The van der Waals surface area contributed by atoms with Gasteiger partial charge in [0.2, 0.25) is 0 Å². The van der Waals surface area contributed by atoms with Crippen molar-refractivity contribution in [2.24, 2.45) is 0 Å². The normalized spacial score (nSPS) is 11.7. The van der Waals surface area contributed by atoms with Crippen LogP contribution in [0.2, 0.25) is 0 Å². The van der Waals surface area contributed by atoms with Gasteiger partial charge in [-0.3, -0.25) is 0 Å². The highest BCUT2D eigenvalue weighted by Gasteiger charge is 2.24. The minimum atomic E-state index is 0.641. The first-order chi connectivity index (χ1) is 21.2. The van der Waals surface area contributed by atoms with Crippen molar-refractivity contribution in [3.8, 4) is 28.3 Å². The summed E-state index contributed by atoms with van der Waals surface area (Å²) >= 11 is 0. The van der Waals surface area contributed by atoms with Crippen LogP contribution < -0.4 is 0 Å². The summed E-state index contributed by atoms with van der Waals surface area (Å²) in [4.78, 5) is 3.63. The fourth-order valence-electron chi connectivity index (χ4n) is 7.14. The van der Waals surface area contributed by atoms with Crippen molar-refractivity contribution >= 4 is 65.3 Å². The van der Waals surface area contributed by atoms with Gasteiger partial charge in [-0.2, -0.15) is 5.26 Å². The number of para-hydroxylation sites is 1. The van der Waals surface area contributed by atoms with E-state index >= 15 is 0 Å². The number of nitrogens with zero attached hydrogens (tertiary/aromatic N) is 3.